The third kappa shape index (κ3) is 6.12. The van der Waals surface area contributed by atoms with Gasteiger partial charge < -0.3 is 10.4 Å². The van der Waals surface area contributed by atoms with Crippen molar-refractivity contribution in [3.63, 3.8) is 0 Å². The van der Waals surface area contributed by atoms with E-state index in [0.29, 0.717) is 6.42 Å². The molecule has 1 atom stereocenters. The monoisotopic (exact) mass is 280 g/mol. The van der Waals surface area contributed by atoms with Gasteiger partial charge in [-0.05, 0) is 17.9 Å². The quantitative estimate of drug-likeness (QED) is 0.762. The first-order valence-electron chi connectivity index (χ1n) is 6.32. The highest BCUT2D eigenvalue weighted by Gasteiger charge is 2.25. The lowest BCUT2D eigenvalue weighted by molar-refractivity contribution is -0.142. The molecule has 7 nitrogen and oxygen atoms in total. The molecule has 1 aromatic heterocycles. The van der Waals surface area contributed by atoms with Crippen LogP contribution in [0.2, 0.25) is 0 Å². The summed E-state index contributed by atoms with van der Waals surface area (Å²) in [5.41, 5.74) is -0.121. The zero-order chi connectivity index (χ0) is 15.2. The van der Waals surface area contributed by atoms with Crippen molar-refractivity contribution in [1.82, 2.24) is 15.3 Å². The Hall–Kier alpha value is -2.18. The molecule has 7 heteroatoms. The second-order valence-corrected chi connectivity index (χ2v) is 5.71. The van der Waals surface area contributed by atoms with E-state index in [1.807, 2.05) is 20.8 Å². The molecule has 1 rings (SSSR count). The van der Waals surface area contributed by atoms with Gasteiger partial charge in [0, 0.05) is 18.9 Å². The SMILES string of the molecule is CC(C)(C)CC(CNC(=O)Nc1ncccn1)C(=O)O. The Bertz CT molecular complexity index is 456. The number of hydrogen-bond acceptors (Lipinski definition) is 4. The Morgan fingerprint density at radius 2 is 1.90 bits per heavy atom. The van der Waals surface area contributed by atoms with E-state index in [1.54, 1.807) is 6.07 Å². The van der Waals surface area contributed by atoms with Crippen LogP contribution in [0.25, 0.3) is 0 Å². The maximum atomic E-state index is 11.6. The van der Waals surface area contributed by atoms with Gasteiger partial charge in [0.2, 0.25) is 5.95 Å². The van der Waals surface area contributed by atoms with Crippen LogP contribution in [0.4, 0.5) is 10.7 Å². The summed E-state index contributed by atoms with van der Waals surface area (Å²) in [6.07, 6.45) is 3.48. The number of aliphatic carboxylic acids is 1. The minimum atomic E-state index is -0.920. The Balaban J connectivity index is 2.47. The molecule has 1 aromatic rings. The zero-order valence-electron chi connectivity index (χ0n) is 11.9. The average molecular weight is 280 g/mol. The number of aromatic nitrogens is 2. The molecule has 20 heavy (non-hydrogen) atoms. The molecule has 1 unspecified atom stereocenters. The summed E-state index contributed by atoms with van der Waals surface area (Å²) in [7, 11) is 0. The number of hydrogen-bond donors (Lipinski definition) is 3. The molecule has 0 fully saturated rings. The summed E-state index contributed by atoms with van der Waals surface area (Å²) in [5.74, 6) is -1.37. The number of carbonyl (C=O) groups is 2. The number of carboxylic acids is 1. The fourth-order valence-corrected chi connectivity index (χ4v) is 1.71. The van der Waals surface area contributed by atoms with Crippen LogP contribution < -0.4 is 10.6 Å². The van der Waals surface area contributed by atoms with Gasteiger partial charge in [-0.3, -0.25) is 10.1 Å². The molecule has 0 aliphatic carbocycles. The summed E-state index contributed by atoms with van der Waals surface area (Å²) in [6.45, 7) is 5.94. The van der Waals surface area contributed by atoms with Gasteiger partial charge in [-0.2, -0.15) is 0 Å². The molecule has 3 N–H and O–H groups in total. The number of amides is 2. The third-order valence-electron chi connectivity index (χ3n) is 2.51. The molecule has 0 spiro atoms. The van der Waals surface area contributed by atoms with Crippen molar-refractivity contribution in [2.24, 2.45) is 11.3 Å². The first-order valence-corrected chi connectivity index (χ1v) is 6.32. The number of nitrogens with one attached hydrogen (secondary N) is 2. The minimum Gasteiger partial charge on any atom is -0.481 e. The van der Waals surface area contributed by atoms with Crippen molar-refractivity contribution in [1.29, 1.82) is 0 Å². The number of nitrogens with zero attached hydrogens (tertiary/aromatic N) is 2. The topological polar surface area (TPSA) is 104 Å². The summed E-state index contributed by atoms with van der Waals surface area (Å²) in [5, 5.41) is 14.1. The maximum Gasteiger partial charge on any atom is 0.321 e. The van der Waals surface area contributed by atoms with Gasteiger partial charge in [-0.15, -0.1) is 0 Å². The second-order valence-electron chi connectivity index (χ2n) is 5.71. The molecule has 1 heterocycles. The van der Waals surface area contributed by atoms with Crippen molar-refractivity contribution in [2.75, 3.05) is 11.9 Å². The van der Waals surface area contributed by atoms with E-state index in [9.17, 15) is 9.59 Å². The largest absolute Gasteiger partial charge is 0.481 e. The molecule has 0 saturated carbocycles. The molecular weight excluding hydrogens is 260 g/mol. The summed E-state index contributed by atoms with van der Waals surface area (Å²) >= 11 is 0. The van der Waals surface area contributed by atoms with Crippen molar-refractivity contribution >= 4 is 17.9 Å². The Morgan fingerprint density at radius 1 is 1.30 bits per heavy atom. The summed E-state index contributed by atoms with van der Waals surface area (Å²) < 4.78 is 0. The van der Waals surface area contributed by atoms with E-state index in [2.05, 4.69) is 20.6 Å². The normalized spacial score (nSPS) is 12.6. The highest BCUT2D eigenvalue weighted by molar-refractivity contribution is 5.87. The van der Waals surface area contributed by atoms with Crippen LogP contribution in [0.15, 0.2) is 18.5 Å². The van der Waals surface area contributed by atoms with Crippen LogP contribution >= 0.6 is 0 Å². The minimum absolute atomic E-state index is 0.0608. The number of carbonyl (C=O) groups excluding carboxylic acids is 1. The highest BCUT2D eigenvalue weighted by Crippen LogP contribution is 2.24. The number of rotatable bonds is 5. The van der Waals surface area contributed by atoms with E-state index >= 15 is 0 Å². The number of carboxylic acid groups (broad SMARTS) is 1. The van der Waals surface area contributed by atoms with E-state index in [4.69, 9.17) is 5.11 Å². The van der Waals surface area contributed by atoms with Crippen molar-refractivity contribution in [3.05, 3.63) is 18.5 Å². The smallest absolute Gasteiger partial charge is 0.321 e. The molecule has 2 amide bonds. The summed E-state index contributed by atoms with van der Waals surface area (Å²) in [4.78, 5) is 30.4. The second kappa shape index (κ2) is 6.83. The number of anilines is 1. The molecule has 0 bridgehead atoms. The van der Waals surface area contributed by atoms with Gasteiger partial charge in [-0.25, -0.2) is 14.8 Å². The van der Waals surface area contributed by atoms with Gasteiger partial charge in [-0.1, -0.05) is 20.8 Å². The molecule has 0 aliphatic rings. The van der Waals surface area contributed by atoms with Gasteiger partial charge in [0.1, 0.15) is 0 Å². The molecule has 0 radical (unpaired) electrons. The van der Waals surface area contributed by atoms with Gasteiger partial charge in [0.25, 0.3) is 0 Å². The van der Waals surface area contributed by atoms with Crippen LogP contribution in [0.1, 0.15) is 27.2 Å². The van der Waals surface area contributed by atoms with Crippen LogP contribution in [0.3, 0.4) is 0 Å². The number of urea groups is 1. The lowest BCUT2D eigenvalue weighted by Crippen LogP contribution is -2.37. The maximum absolute atomic E-state index is 11.6. The van der Waals surface area contributed by atoms with Gasteiger partial charge >= 0.3 is 12.0 Å². The molecule has 0 aliphatic heterocycles. The van der Waals surface area contributed by atoms with Crippen LogP contribution in [0, 0.1) is 11.3 Å². The fourth-order valence-electron chi connectivity index (χ4n) is 1.71. The molecule has 110 valence electrons. The van der Waals surface area contributed by atoms with E-state index in [0.717, 1.165) is 0 Å². The van der Waals surface area contributed by atoms with Crippen LogP contribution in [-0.4, -0.2) is 33.6 Å². The van der Waals surface area contributed by atoms with Crippen LogP contribution in [-0.2, 0) is 4.79 Å². The first-order chi connectivity index (χ1) is 9.28. The Labute approximate surface area is 117 Å². The standard InChI is InChI=1S/C13H20N4O3/c1-13(2,3)7-9(10(18)19)8-16-12(20)17-11-14-5-4-6-15-11/h4-6,9H,7-8H2,1-3H3,(H,18,19)(H2,14,15,16,17,20). The van der Waals surface area contributed by atoms with E-state index < -0.39 is 17.9 Å². The van der Waals surface area contributed by atoms with Gasteiger partial charge in [0.15, 0.2) is 0 Å². The molecule has 0 aromatic carbocycles. The lowest BCUT2D eigenvalue weighted by atomic mass is 9.84. The average Bonchev–Trinajstić information content (AvgIpc) is 2.34. The Kier molecular flexibility index (Phi) is 5.42. The molecular formula is C13H20N4O3. The van der Waals surface area contributed by atoms with E-state index in [1.165, 1.54) is 12.4 Å². The van der Waals surface area contributed by atoms with E-state index in [-0.39, 0.29) is 17.9 Å². The predicted molar refractivity (Wildman–Crippen MR) is 74.3 cm³/mol. The predicted octanol–water partition coefficient (Wildman–Crippen LogP) is 1.74. The highest BCUT2D eigenvalue weighted by atomic mass is 16.4. The van der Waals surface area contributed by atoms with Crippen LogP contribution in [0.5, 0.6) is 0 Å². The zero-order valence-corrected chi connectivity index (χ0v) is 11.9. The summed E-state index contributed by atoms with van der Waals surface area (Å²) in [6, 6.07) is 1.11. The first kappa shape index (κ1) is 15.9. The van der Waals surface area contributed by atoms with Gasteiger partial charge in [0.05, 0.1) is 5.92 Å². The molecule has 0 saturated heterocycles. The van der Waals surface area contributed by atoms with Crippen molar-refractivity contribution in [2.45, 2.75) is 27.2 Å². The lowest BCUT2D eigenvalue weighted by Gasteiger charge is -2.23. The Morgan fingerprint density at radius 3 is 2.40 bits per heavy atom. The third-order valence-corrected chi connectivity index (χ3v) is 2.51. The van der Waals surface area contributed by atoms with Crippen molar-refractivity contribution in [3.8, 4) is 0 Å². The fraction of sp³-hybridized carbons (Fsp3) is 0.538. The van der Waals surface area contributed by atoms with Crippen molar-refractivity contribution < 1.29 is 14.7 Å².